The number of nitrogens with one attached hydrogen (secondary N) is 1. The highest BCUT2D eigenvalue weighted by Crippen LogP contribution is 2.31. The van der Waals surface area contributed by atoms with E-state index in [1.807, 2.05) is 0 Å². The second-order valence-electron chi connectivity index (χ2n) is 4.75. The predicted octanol–water partition coefficient (Wildman–Crippen LogP) is 2.74. The smallest absolute Gasteiger partial charge is 0.230 e. The van der Waals surface area contributed by atoms with Gasteiger partial charge in [-0.05, 0) is 42.5 Å². The molecule has 22 heavy (non-hydrogen) atoms. The summed E-state index contributed by atoms with van der Waals surface area (Å²) in [5.41, 5.74) is 1.34. The molecule has 6 heteroatoms. The average Bonchev–Trinajstić information content (AvgIpc) is 2.44. The summed E-state index contributed by atoms with van der Waals surface area (Å²) >= 11 is 0. The summed E-state index contributed by atoms with van der Waals surface area (Å²) in [4.78, 5) is 24.2. The van der Waals surface area contributed by atoms with Crippen molar-refractivity contribution in [2.45, 2.75) is 13.8 Å². The number of phenols is 2. The molecule has 0 radical (unpaired) electrons. The number of carbonyl (C=O) groups is 2. The van der Waals surface area contributed by atoms with Gasteiger partial charge < -0.3 is 15.5 Å². The van der Waals surface area contributed by atoms with Crippen LogP contribution in [0.15, 0.2) is 42.5 Å². The number of hydrogen-bond acceptors (Lipinski definition) is 5. The summed E-state index contributed by atoms with van der Waals surface area (Å²) < 4.78 is 0. The van der Waals surface area contributed by atoms with E-state index in [0.29, 0.717) is 17.1 Å². The first-order valence-electron chi connectivity index (χ1n) is 6.59. The molecule has 3 N–H and O–H groups in total. The number of phenolic OH excluding ortho intramolecular Hbond substituents is 2. The van der Waals surface area contributed by atoms with Crippen LogP contribution >= 0.6 is 0 Å². The van der Waals surface area contributed by atoms with Crippen LogP contribution in [0.2, 0.25) is 0 Å². The van der Waals surface area contributed by atoms with Crippen molar-refractivity contribution in [3.05, 3.63) is 42.5 Å². The number of benzene rings is 2. The maximum absolute atomic E-state index is 11.6. The highest BCUT2D eigenvalue weighted by molar-refractivity contribution is 6.13. The highest BCUT2D eigenvalue weighted by Gasteiger charge is 2.17. The lowest BCUT2D eigenvalue weighted by atomic mass is 10.2. The third kappa shape index (κ3) is 3.35. The van der Waals surface area contributed by atoms with E-state index in [1.54, 1.807) is 12.1 Å². The molecule has 0 unspecified atom stereocenters. The van der Waals surface area contributed by atoms with E-state index in [-0.39, 0.29) is 11.5 Å². The molecule has 2 rings (SSSR count). The maximum Gasteiger partial charge on any atom is 0.230 e. The molecule has 0 saturated heterocycles. The summed E-state index contributed by atoms with van der Waals surface area (Å²) in [6.45, 7) is 2.59. The van der Waals surface area contributed by atoms with Crippen molar-refractivity contribution < 1.29 is 19.8 Å². The summed E-state index contributed by atoms with van der Waals surface area (Å²) in [7, 11) is 0. The highest BCUT2D eigenvalue weighted by atomic mass is 16.3. The number of rotatable bonds is 3. The number of aromatic hydroxyl groups is 2. The van der Waals surface area contributed by atoms with E-state index in [0.717, 1.165) is 4.90 Å². The molecule has 0 aliphatic heterocycles. The lowest BCUT2D eigenvalue weighted by Gasteiger charge is -2.19. The van der Waals surface area contributed by atoms with E-state index in [9.17, 15) is 19.8 Å². The van der Waals surface area contributed by atoms with Crippen molar-refractivity contribution in [1.29, 1.82) is 0 Å². The van der Waals surface area contributed by atoms with Gasteiger partial charge in [0, 0.05) is 19.5 Å². The number of hydrogen-bond donors (Lipinski definition) is 3. The molecule has 0 heterocycles. The Morgan fingerprint density at radius 3 is 2.09 bits per heavy atom. The Kier molecular flexibility index (Phi) is 4.31. The van der Waals surface area contributed by atoms with Gasteiger partial charge in [0.1, 0.15) is 11.5 Å². The Morgan fingerprint density at radius 1 is 0.955 bits per heavy atom. The van der Waals surface area contributed by atoms with Crippen molar-refractivity contribution in [1.82, 2.24) is 0 Å². The first kappa shape index (κ1) is 15.4. The van der Waals surface area contributed by atoms with Crippen molar-refractivity contribution in [3.8, 4) is 11.5 Å². The fourth-order valence-corrected chi connectivity index (χ4v) is 2.05. The van der Waals surface area contributed by atoms with Crippen LogP contribution in [0.25, 0.3) is 0 Å². The molecule has 2 amide bonds. The quantitative estimate of drug-likeness (QED) is 0.599. The zero-order valence-corrected chi connectivity index (χ0v) is 12.2. The van der Waals surface area contributed by atoms with E-state index in [1.165, 1.54) is 44.2 Å². The molecule has 2 aromatic rings. The molecule has 0 saturated carbocycles. The third-order valence-corrected chi connectivity index (χ3v) is 3.01. The van der Waals surface area contributed by atoms with E-state index in [4.69, 9.17) is 0 Å². The van der Waals surface area contributed by atoms with Crippen molar-refractivity contribution in [2.75, 3.05) is 10.2 Å². The van der Waals surface area contributed by atoms with E-state index >= 15 is 0 Å². The summed E-state index contributed by atoms with van der Waals surface area (Å²) in [6, 6.07) is 10.7. The van der Waals surface area contributed by atoms with Crippen LogP contribution in [0.4, 0.5) is 17.1 Å². The first-order valence-corrected chi connectivity index (χ1v) is 6.59. The molecule has 0 bridgehead atoms. The van der Waals surface area contributed by atoms with Crippen LogP contribution < -0.4 is 10.2 Å². The number of imide groups is 1. The lowest BCUT2D eigenvalue weighted by molar-refractivity contribution is -0.124. The Hall–Kier alpha value is -3.02. The van der Waals surface area contributed by atoms with Gasteiger partial charge in [0.05, 0.1) is 11.4 Å². The fraction of sp³-hybridized carbons (Fsp3) is 0.125. The Labute approximate surface area is 127 Å². The minimum absolute atomic E-state index is 0.0242. The fourth-order valence-electron chi connectivity index (χ4n) is 2.05. The second-order valence-corrected chi connectivity index (χ2v) is 4.75. The number of amides is 2. The molecule has 0 aromatic heterocycles. The van der Waals surface area contributed by atoms with E-state index < -0.39 is 11.8 Å². The molecule has 0 aliphatic carbocycles. The van der Waals surface area contributed by atoms with Gasteiger partial charge in [-0.15, -0.1) is 0 Å². The van der Waals surface area contributed by atoms with Crippen LogP contribution in [0.1, 0.15) is 13.8 Å². The summed E-state index contributed by atoms with van der Waals surface area (Å²) in [5, 5.41) is 22.1. The van der Waals surface area contributed by atoms with Gasteiger partial charge in [-0.1, -0.05) is 0 Å². The predicted molar refractivity (Wildman–Crippen MR) is 83.3 cm³/mol. The van der Waals surface area contributed by atoms with Crippen LogP contribution in [-0.2, 0) is 9.59 Å². The summed E-state index contributed by atoms with van der Waals surface area (Å²) in [6.07, 6.45) is 0. The molecule has 0 atom stereocenters. The van der Waals surface area contributed by atoms with E-state index in [2.05, 4.69) is 5.32 Å². The van der Waals surface area contributed by atoms with Crippen LogP contribution in [-0.4, -0.2) is 22.0 Å². The Morgan fingerprint density at radius 2 is 1.55 bits per heavy atom. The van der Waals surface area contributed by atoms with Crippen molar-refractivity contribution in [2.24, 2.45) is 0 Å². The molecule has 0 spiro atoms. The average molecular weight is 300 g/mol. The zero-order chi connectivity index (χ0) is 16.3. The van der Waals surface area contributed by atoms with Crippen molar-refractivity contribution in [3.63, 3.8) is 0 Å². The SMILES string of the molecule is CC(=O)N(C(C)=O)c1ccc(O)c(Nc2ccc(O)cc2)c1. The zero-order valence-electron chi connectivity index (χ0n) is 12.2. The van der Waals surface area contributed by atoms with Crippen LogP contribution in [0.5, 0.6) is 11.5 Å². The Balaban J connectivity index is 2.36. The Bertz CT molecular complexity index is 697. The minimum atomic E-state index is -0.409. The van der Waals surface area contributed by atoms with Crippen molar-refractivity contribution >= 4 is 28.9 Å². The number of nitrogens with zero attached hydrogens (tertiary/aromatic N) is 1. The van der Waals surface area contributed by atoms with Crippen LogP contribution in [0.3, 0.4) is 0 Å². The lowest BCUT2D eigenvalue weighted by Crippen LogP contribution is -2.33. The molecule has 6 nitrogen and oxygen atoms in total. The molecular formula is C16H16N2O4. The van der Waals surface area contributed by atoms with Gasteiger partial charge >= 0.3 is 0 Å². The monoisotopic (exact) mass is 300 g/mol. The van der Waals surface area contributed by atoms with Gasteiger partial charge in [0.15, 0.2) is 0 Å². The van der Waals surface area contributed by atoms with Gasteiger partial charge in [0.2, 0.25) is 11.8 Å². The van der Waals surface area contributed by atoms with Gasteiger partial charge in [-0.3, -0.25) is 14.5 Å². The molecule has 0 aliphatic rings. The van der Waals surface area contributed by atoms with Gasteiger partial charge in [-0.25, -0.2) is 0 Å². The van der Waals surface area contributed by atoms with Gasteiger partial charge in [0.25, 0.3) is 0 Å². The first-order chi connectivity index (χ1) is 10.4. The third-order valence-electron chi connectivity index (χ3n) is 3.01. The normalized spacial score (nSPS) is 10.1. The number of carbonyl (C=O) groups excluding carboxylic acids is 2. The van der Waals surface area contributed by atoms with Crippen LogP contribution in [0, 0.1) is 0 Å². The topological polar surface area (TPSA) is 89.9 Å². The summed E-state index contributed by atoms with van der Waals surface area (Å²) in [5.74, 6) is -0.714. The molecule has 114 valence electrons. The largest absolute Gasteiger partial charge is 0.508 e. The molecule has 2 aromatic carbocycles. The number of anilines is 3. The second kappa shape index (κ2) is 6.17. The minimum Gasteiger partial charge on any atom is -0.508 e. The molecular weight excluding hydrogens is 284 g/mol. The molecule has 0 fully saturated rings. The van der Waals surface area contributed by atoms with Gasteiger partial charge in [-0.2, -0.15) is 0 Å². The maximum atomic E-state index is 11.6. The standard InChI is InChI=1S/C16H16N2O4/c1-10(19)18(11(2)20)13-5-8-16(22)15(9-13)17-12-3-6-14(21)7-4-12/h3-9,17,21-22H,1-2H3.